The molecular formula is C23H29N3O3. The van der Waals surface area contributed by atoms with Gasteiger partial charge in [-0.25, -0.2) is 0 Å². The minimum absolute atomic E-state index is 0.246. The highest BCUT2D eigenvalue weighted by Crippen LogP contribution is 2.20. The Hall–Kier alpha value is -2.86. The molecular weight excluding hydrogens is 366 g/mol. The van der Waals surface area contributed by atoms with Gasteiger partial charge in [0.05, 0.1) is 0 Å². The molecule has 1 heterocycles. The first-order valence-corrected chi connectivity index (χ1v) is 10.2. The van der Waals surface area contributed by atoms with Gasteiger partial charge >= 0.3 is 5.97 Å². The molecule has 154 valence electrons. The molecule has 6 nitrogen and oxygen atoms in total. The number of piperazine rings is 1. The van der Waals surface area contributed by atoms with E-state index in [2.05, 4.69) is 39.4 Å². The fourth-order valence-electron chi connectivity index (χ4n) is 3.38. The predicted octanol–water partition coefficient (Wildman–Crippen LogP) is 3.29. The van der Waals surface area contributed by atoms with Gasteiger partial charge in [-0.05, 0) is 36.2 Å². The number of hydrogen-bond donors (Lipinski definition) is 1. The highest BCUT2D eigenvalue weighted by atomic mass is 16.5. The monoisotopic (exact) mass is 395 g/mol. The summed E-state index contributed by atoms with van der Waals surface area (Å²) < 4.78 is 4.92. The summed E-state index contributed by atoms with van der Waals surface area (Å²) in [5.41, 5.74) is 3.20. The van der Waals surface area contributed by atoms with Gasteiger partial charge in [0.1, 0.15) is 0 Å². The number of benzene rings is 2. The number of hydrogen-bond acceptors (Lipinski definition) is 5. The van der Waals surface area contributed by atoms with Gasteiger partial charge in [-0.3, -0.25) is 14.5 Å². The van der Waals surface area contributed by atoms with Crippen molar-refractivity contribution in [1.29, 1.82) is 0 Å². The quantitative estimate of drug-likeness (QED) is 0.695. The average molecular weight is 396 g/mol. The van der Waals surface area contributed by atoms with Crippen LogP contribution in [0, 0.1) is 0 Å². The van der Waals surface area contributed by atoms with E-state index in [1.807, 2.05) is 37.3 Å². The van der Waals surface area contributed by atoms with Crippen LogP contribution in [-0.2, 0) is 20.9 Å². The molecule has 1 aliphatic heterocycles. The third-order valence-corrected chi connectivity index (χ3v) is 4.96. The van der Waals surface area contributed by atoms with Crippen molar-refractivity contribution in [2.75, 3.05) is 43.0 Å². The van der Waals surface area contributed by atoms with E-state index in [-0.39, 0.29) is 18.5 Å². The molecule has 2 aromatic carbocycles. The lowest BCUT2D eigenvalue weighted by Crippen LogP contribution is -2.45. The van der Waals surface area contributed by atoms with Crippen LogP contribution >= 0.6 is 0 Å². The first-order valence-electron chi connectivity index (χ1n) is 10.2. The highest BCUT2D eigenvalue weighted by molar-refractivity contribution is 5.92. The van der Waals surface area contributed by atoms with Crippen molar-refractivity contribution in [2.24, 2.45) is 0 Å². The van der Waals surface area contributed by atoms with Crippen molar-refractivity contribution in [2.45, 2.75) is 26.3 Å². The number of amides is 1. The zero-order valence-corrected chi connectivity index (χ0v) is 17.0. The fraction of sp³-hybridized carbons (Fsp3) is 0.391. The van der Waals surface area contributed by atoms with Crippen molar-refractivity contribution < 1.29 is 14.3 Å². The van der Waals surface area contributed by atoms with Crippen molar-refractivity contribution in [1.82, 2.24) is 4.90 Å². The SMILES string of the molecule is CCCC(=O)OCC(=O)Nc1ccc(N2CCN(Cc3ccccc3)CC2)cc1. The maximum atomic E-state index is 11.9. The molecule has 0 unspecified atom stereocenters. The van der Waals surface area contributed by atoms with Crippen molar-refractivity contribution in [3.63, 3.8) is 0 Å². The first kappa shape index (κ1) is 20.9. The van der Waals surface area contributed by atoms with Crippen LogP contribution in [0.2, 0.25) is 0 Å². The predicted molar refractivity (Wildman–Crippen MR) is 115 cm³/mol. The summed E-state index contributed by atoms with van der Waals surface area (Å²) in [5, 5.41) is 2.76. The molecule has 0 spiro atoms. The second-order valence-electron chi connectivity index (χ2n) is 7.25. The van der Waals surface area contributed by atoms with Crippen LogP contribution in [0.1, 0.15) is 25.3 Å². The lowest BCUT2D eigenvalue weighted by molar-refractivity contribution is -0.147. The van der Waals surface area contributed by atoms with Crippen LogP contribution in [0.25, 0.3) is 0 Å². The number of anilines is 2. The minimum Gasteiger partial charge on any atom is -0.456 e. The molecule has 1 fully saturated rings. The van der Waals surface area contributed by atoms with Gasteiger partial charge in [-0.15, -0.1) is 0 Å². The van der Waals surface area contributed by atoms with E-state index < -0.39 is 0 Å². The molecule has 0 radical (unpaired) electrons. The smallest absolute Gasteiger partial charge is 0.306 e. The van der Waals surface area contributed by atoms with Gasteiger partial charge < -0.3 is 15.0 Å². The number of ether oxygens (including phenoxy) is 1. The summed E-state index contributed by atoms with van der Waals surface area (Å²) in [6.07, 6.45) is 1.04. The molecule has 0 bridgehead atoms. The molecule has 1 aliphatic rings. The summed E-state index contributed by atoms with van der Waals surface area (Å²) in [5.74, 6) is -0.666. The third kappa shape index (κ3) is 6.61. The molecule has 1 amide bonds. The Bertz CT molecular complexity index is 785. The zero-order valence-electron chi connectivity index (χ0n) is 17.0. The van der Waals surface area contributed by atoms with Gasteiger partial charge in [0.25, 0.3) is 5.91 Å². The van der Waals surface area contributed by atoms with E-state index in [0.717, 1.165) is 38.4 Å². The van der Waals surface area contributed by atoms with Crippen molar-refractivity contribution >= 4 is 23.3 Å². The zero-order chi connectivity index (χ0) is 20.5. The second kappa shape index (κ2) is 10.6. The van der Waals surface area contributed by atoms with Crippen molar-refractivity contribution in [3.05, 3.63) is 60.2 Å². The van der Waals surface area contributed by atoms with Crippen molar-refractivity contribution in [3.8, 4) is 0 Å². The van der Waals surface area contributed by atoms with Gasteiger partial charge in [0, 0.05) is 50.5 Å². The Morgan fingerprint density at radius 3 is 2.31 bits per heavy atom. The van der Waals surface area contributed by atoms with Gasteiger partial charge in [-0.2, -0.15) is 0 Å². The number of carbonyl (C=O) groups is 2. The molecule has 0 aromatic heterocycles. The lowest BCUT2D eigenvalue weighted by atomic mass is 10.2. The molecule has 3 rings (SSSR count). The third-order valence-electron chi connectivity index (χ3n) is 4.96. The molecule has 1 saturated heterocycles. The molecule has 29 heavy (non-hydrogen) atoms. The topological polar surface area (TPSA) is 61.9 Å². The normalized spacial score (nSPS) is 14.4. The van der Waals surface area contributed by atoms with E-state index >= 15 is 0 Å². The Labute approximate surface area is 172 Å². The number of nitrogens with one attached hydrogen (secondary N) is 1. The first-order chi connectivity index (χ1) is 14.1. The Balaban J connectivity index is 1.43. The molecule has 2 aromatic rings. The second-order valence-corrected chi connectivity index (χ2v) is 7.25. The average Bonchev–Trinajstić information content (AvgIpc) is 2.74. The van der Waals surface area contributed by atoms with Crippen LogP contribution in [0.5, 0.6) is 0 Å². The lowest BCUT2D eigenvalue weighted by Gasteiger charge is -2.36. The van der Waals surface area contributed by atoms with E-state index in [9.17, 15) is 9.59 Å². The van der Waals surface area contributed by atoms with Gasteiger partial charge in [0.2, 0.25) is 0 Å². The van der Waals surface area contributed by atoms with Crippen LogP contribution in [0.4, 0.5) is 11.4 Å². The molecule has 0 aliphatic carbocycles. The number of rotatable bonds is 8. The van der Waals surface area contributed by atoms with Crippen LogP contribution in [0.15, 0.2) is 54.6 Å². The summed E-state index contributed by atoms with van der Waals surface area (Å²) in [4.78, 5) is 28.1. The summed E-state index contributed by atoms with van der Waals surface area (Å²) >= 11 is 0. The van der Waals surface area contributed by atoms with Gasteiger partial charge in [0.15, 0.2) is 6.61 Å². The van der Waals surface area contributed by atoms with Crippen LogP contribution in [-0.4, -0.2) is 49.6 Å². The maximum absolute atomic E-state index is 11.9. The largest absolute Gasteiger partial charge is 0.456 e. The molecule has 0 atom stereocenters. The Morgan fingerprint density at radius 1 is 0.966 bits per heavy atom. The summed E-state index contributed by atoms with van der Waals surface area (Å²) in [7, 11) is 0. The summed E-state index contributed by atoms with van der Waals surface area (Å²) in [6, 6.07) is 18.4. The summed E-state index contributed by atoms with van der Waals surface area (Å²) in [6.45, 7) is 6.64. The number of nitrogens with zero attached hydrogens (tertiary/aromatic N) is 2. The molecule has 6 heteroatoms. The number of esters is 1. The standard InChI is InChI=1S/C23H29N3O3/c1-2-6-23(28)29-18-22(27)24-20-9-11-21(12-10-20)26-15-13-25(14-16-26)17-19-7-4-3-5-8-19/h3-5,7-12H,2,6,13-18H2,1H3,(H,24,27). The fourth-order valence-corrected chi connectivity index (χ4v) is 3.38. The number of carbonyl (C=O) groups excluding carboxylic acids is 2. The Morgan fingerprint density at radius 2 is 1.66 bits per heavy atom. The van der Waals surface area contributed by atoms with Crippen LogP contribution < -0.4 is 10.2 Å². The molecule has 1 N–H and O–H groups in total. The minimum atomic E-state index is -0.343. The van der Waals surface area contributed by atoms with E-state index in [1.165, 1.54) is 5.56 Å². The molecule has 0 saturated carbocycles. The highest BCUT2D eigenvalue weighted by Gasteiger charge is 2.17. The maximum Gasteiger partial charge on any atom is 0.306 e. The van der Waals surface area contributed by atoms with Crippen LogP contribution in [0.3, 0.4) is 0 Å². The van der Waals surface area contributed by atoms with Gasteiger partial charge in [-0.1, -0.05) is 37.3 Å². The van der Waals surface area contributed by atoms with E-state index in [1.54, 1.807) is 0 Å². The van der Waals surface area contributed by atoms with E-state index in [4.69, 9.17) is 4.74 Å². The Kier molecular flexibility index (Phi) is 7.64. The van der Waals surface area contributed by atoms with E-state index in [0.29, 0.717) is 18.5 Å².